The van der Waals surface area contributed by atoms with Gasteiger partial charge in [-0.3, -0.25) is 10.1 Å². The van der Waals surface area contributed by atoms with Crippen LogP contribution in [0.3, 0.4) is 0 Å². The molecule has 0 saturated carbocycles. The number of methoxy groups -OCH3 is 1. The third-order valence-corrected chi connectivity index (χ3v) is 1.78. The molecular formula is C9H9N3O. The monoisotopic (exact) mass is 175 g/mol. The molecule has 0 fully saturated rings. The van der Waals surface area contributed by atoms with Gasteiger partial charge in [-0.05, 0) is 12.1 Å². The lowest BCUT2D eigenvalue weighted by atomic mass is 10.2. The lowest BCUT2D eigenvalue weighted by Crippen LogP contribution is -1.84. The van der Waals surface area contributed by atoms with Crippen molar-refractivity contribution in [3.8, 4) is 17.0 Å². The van der Waals surface area contributed by atoms with Crippen LogP contribution in [0.1, 0.15) is 0 Å². The molecule has 1 N–H and O–H groups in total. The molecule has 0 atom stereocenters. The average Bonchev–Trinajstić information content (AvgIpc) is 2.67. The van der Waals surface area contributed by atoms with Crippen LogP contribution in [0.5, 0.6) is 5.75 Å². The summed E-state index contributed by atoms with van der Waals surface area (Å²) in [6.45, 7) is 0. The molecule has 0 aromatic carbocycles. The first kappa shape index (κ1) is 7.79. The van der Waals surface area contributed by atoms with Crippen molar-refractivity contribution in [1.82, 2.24) is 15.2 Å². The number of hydrogen-bond acceptors (Lipinski definition) is 3. The number of aromatic amines is 1. The Kier molecular flexibility index (Phi) is 1.96. The second kappa shape index (κ2) is 3.26. The summed E-state index contributed by atoms with van der Waals surface area (Å²) < 4.78 is 5.13. The molecule has 13 heavy (non-hydrogen) atoms. The van der Waals surface area contributed by atoms with Gasteiger partial charge < -0.3 is 4.74 Å². The van der Waals surface area contributed by atoms with Crippen LogP contribution in [0, 0.1) is 0 Å². The number of aromatic nitrogens is 3. The van der Waals surface area contributed by atoms with Crippen LogP contribution < -0.4 is 4.74 Å². The summed E-state index contributed by atoms with van der Waals surface area (Å²) in [5.74, 6) is 0.742. The summed E-state index contributed by atoms with van der Waals surface area (Å²) in [5.41, 5.74) is 1.80. The maximum Gasteiger partial charge on any atom is 0.164 e. The Morgan fingerprint density at radius 3 is 2.77 bits per heavy atom. The van der Waals surface area contributed by atoms with Gasteiger partial charge >= 0.3 is 0 Å². The molecule has 0 amide bonds. The summed E-state index contributed by atoms with van der Waals surface area (Å²) in [6, 6.07) is 3.78. The zero-order chi connectivity index (χ0) is 9.10. The first-order valence-electron chi connectivity index (χ1n) is 3.90. The third-order valence-electron chi connectivity index (χ3n) is 1.78. The topological polar surface area (TPSA) is 50.8 Å². The highest BCUT2D eigenvalue weighted by Crippen LogP contribution is 2.25. The van der Waals surface area contributed by atoms with Gasteiger partial charge in [-0.1, -0.05) is 0 Å². The van der Waals surface area contributed by atoms with Gasteiger partial charge in [0.1, 0.15) is 5.69 Å². The number of hydrogen-bond donors (Lipinski definition) is 1. The molecule has 4 nitrogen and oxygen atoms in total. The van der Waals surface area contributed by atoms with E-state index in [0.717, 1.165) is 17.0 Å². The molecule has 0 aliphatic heterocycles. The van der Waals surface area contributed by atoms with E-state index in [2.05, 4.69) is 15.2 Å². The molecule has 2 aromatic rings. The fourth-order valence-electron chi connectivity index (χ4n) is 1.15. The standard InChI is InChI=1S/C9H9N3O/c1-13-8-6-11-12-9(8)7-2-4-10-5-3-7/h2-6H,1H3,(H,11,12). The molecule has 0 bridgehead atoms. The molecule has 0 aliphatic carbocycles. The Balaban J connectivity index is 2.47. The average molecular weight is 175 g/mol. The fourth-order valence-corrected chi connectivity index (χ4v) is 1.15. The van der Waals surface area contributed by atoms with E-state index < -0.39 is 0 Å². The van der Waals surface area contributed by atoms with Gasteiger partial charge in [0.25, 0.3) is 0 Å². The van der Waals surface area contributed by atoms with Crippen LogP contribution >= 0.6 is 0 Å². The van der Waals surface area contributed by atoms with Gasteiger partial charge in [0.05, 0.1) is 13.3 Å². The Bertz CT molecular complexity index is 383. The van der Waals surface area contributed by atoms with E-state index in [1.54, 1.807) is 25.7 Å². The van der Waals surface area contributed by atoms with Crippen LogP contribution in [0.2, 0.25) is 0 Å². The number of nitrogens with zero attached hydrogens (tertiary/aromatic N) is 2. The van der Waals surface area contributed by atoms with Gasteiger partial charge in [-0.2, -0.15) is 5.10 Å². The van der Waals surface area contributed by atoms with Crippen molar-refractivity contribution in [3.05, 3.63) is 30.7 Å². The molecule has 0 saturated heterocycles. The molecular weight excluding hydrogens is 166 g/mol. The minimum atomic E-state index is 0.742. The summed E-state index contributed by atoms with van der Waals surface area (Å²) in [7, 11) is 1.62. The molecule has 2 aromatic heterocycles. The summed E-state index contributed by atoms with van der Waals surface area (Å²) in [6.07, 6.45) is 5.17. The Morgan fingerprint density at radius 2 is 2.08 bits per heavy atom. The van der Waals surface area contributed by atoms with Crippen molar-refractivity contribution in [2.45, 2.75) is 0 Å². The largest absolute Gasteiger partial charge is 0.493 e. The van der Waals surface area contributed by atoms with E-state index >= 15 is 0 Å². The first-order chi connectivity index (χ1) is 6.42. The second-order valence-electron chi connectivity index (χ2n) is 2.54. The number of nitrogens with one attached hydrogen (secondary N) is 1. The maximum absolute atomic E-state index is 5.13. The molecule has 4 heteroatoms. The normalized spacial score (nSPS) is 9.92. The van der Waals surface area contributed by atoms with E-state index in [0.29, 0.717) is 0 Å². The molecule has 2 heterocycles. The van der Waals surface area contributed by atoms with Crippen molar-refractivity contribution < 1.29 is 4.74 Å². The van der Waals surface area contributed by atoms with Crippen LogP contribution in [-0.2, 0) is 0 Å². The van der Waals surface area contributed by atoms with E-state index in [9.17, 15) is 0 Å². The van der Waals surface area contributed by atoms with Crippen LogP contribution in [0.15, 0.2) is 30.7 Å². The molecule has 0 aliphatic rings. The van der Waals surface area contributed by atoms with Crippen molar-refractivity contribution in [2.75, 3.05) is 7.11 Å². The van der Waals surface area contributed by atoms with Crippen LogP contribution in [0.4, 0.5) is 0 Å². The van der Waals surface area contributed by atoms with Crippen molar-refractivity contribution in [2.24, 2.45) is 0 Å². The molecule has 0 radical (unpaired) electrons. The smallest absolute Gasteiger partial charge is 0.164 e. The van der Waals surface area contributed by atoms with E-state index in [4.69, 9.17) is 4.74 Å². The number of rotatable bonds is 2. The highest BCUT2D eigenvalue weighted by atomic mass is 16.5. The highest BCUT2D eigenvalue weighted by Gasteiger charge is 2.06. The number of ether oxygens (including phenoxy) is 1. The van der Waals surface area contributed by atoms with Crippen LogP contribution in [-0.4, -0.2) is 22.3 Å². The quantitative estimate of drug-likeness (QED) is 0.752. The second-order valence-corrected chi connectivity index (χ2v) is 2.54. The molecule has 0 spiro atoms. The SMILES string of the molecule is COc1c[nH]nc1-c1ccncc1. The molecule has 0 unspecified atom stereocenters. The summed E-state index contributed by atoms with van der Waals surface area (Å²) in [5, 5.41) is 6.83. The minimum absolute atomic E-state index is 0.742. The summed E-state index contributed by atoms with van der Waals surface area (Å²) in [4.78, 5) is 3.93. The zero-order valence-corrected chi connectivity index (χ0v) is 7.19. The molecule has 2 rings (SSSR count). The predicted molar refractivity (Wildman–Crippen MR) is 48.4 cm³/mol. The van der Waals surface area contributed by atoms with Crippen molar-refractivity contribution in [3.63, 3.8) is 0 Å². The highest BCUT2D eigenvalue weighted by molar-refractivity contribution is 5.64. The van der Waals surface area contributed by atoms with Gasteiger partial charge in [-0.25, -0.2) is 0 Å². The van der Waals surface area contributed by atoms with E-state index in [1.807, 2.05) is 12.1 Å². The minimum Gasteiger partial charge on any atom is -0.493 e. The summed E-state index contributed by atoms with van der Waals surface area (Å²) >= 11 is 0. The number of pyridine rings is 1. The lowest BCUT2D eigenvalue weighted by molar-refractivity contribution is 0.416. The van der Waals surface area contributed by atoms with Crippen molar-refractivity contribution in [1.29, 1.82) is 0 Å². The first-order valence-corrected chi connectivity index (χ1v) is 3.90. The van der Waals surface area contributed by atoms with Crippen LogP contribution in [0.25, 0.3) is 11.3 Å². The number of H-pyrrole nitrogens is 1. The Labute approximate surface area is 75.6 Å². The van der Waals surface area contributed by atoms with E-state index in [-0.39, 0.29) is 0 Å². The van der Waals surface area contributed by atoms with Gasteiger partial charge in [0, 0.05) is 18.0 Å². The fraction of sp³-hybridized carbons (Fsp3) is 0.111. The lowest BCUT2D eigenvalue weighted by Gasteiger charge is -1.98. The van der Waals surface area contributed by atoms with Gasteiger partial charge in [-0.15, -0.1) is 0 Å². The van der Waals surface area contributed by atoms with Gasteiger partial charge in [0.15, 0.2) is 5.75 Å². The van der Waals surface area contributed by atoms with Crippen molar-refractivity contribution >= 4 is 0 Å². The van der Waals surface area contributed by atoms with Gasteiger partial charge in [0.2, 0.25) is 0 Å². The Hall–Kier alpha value is -1.84. The predicted octanol–water partition coefficient (Wildman–Crippen LogP) is 1.48. The third kappa shape index (κ3) is 1.38. The Morgan fingerprint density at radius 1 is 1.31 bits per heavy atom. The molecule has 66 valence electrons. The maximum atomic E-state index is 5.13. The van der Waals surface area contributed by atoms with E-state index in [1.165, 1.54) is 0 Å². The zero-order valence-electron chi connectivity index (χ0n) is 7.19.